The molecule has 6 nitrogen and oxygen atoms in total. The SMILES string of the molecule is Cc1oc(-c2ccccc2)nc1CCc1ccc(CCCc2oc(=O)[nH]c2O)cc1. The summed E-state index contributed by atoms with van der Waals surface area (Å²) in [5.41, 5.74) is 4.44. The van der Waals surface area contributed by atoms with Crippen LogP contribution in [0.25, 0.3) is 11.5 Å². The van der Waals surface area contributed by atoms with Crippen LogP contribution in [-0.4, -0.2) is 15.1 Å². The summed E-state index contributed by atoms with van der Waals surface area (Å²) in [5.74, 6) is 1.06. The molecule has 0 amide bonds. The third-order valence-electron chi connectivity index (χ3n) is 5.16. The van der Waals surface area contributed by atoms with E-state index in [0.29, 0.717) is 18.1 Å². The lowest BCUT2D eigenvalue weighted by Gasteiger charge is -2.04. The number of nitrogens with zero attached hydrogens (tertiary/aromatic N) is 1. The van der Waals surface area contributed by atoms with Crippen molar-refractivity contribution in [3.8, 4) is 17.3 Å². The zero-order valence-electron chi connectivity index (χ0n) is 16.9. The van der Waals surface area contributed by atoms with Crippen LogP contribution >= 0.6 is 0 Å². The summed E-state index contributed by atoms with van der Waals surface area (Å²) in [5, 5.41) is 9.54. The third-order valence-corrected chi connectivity index (χ3v) is 5.16. The molecule has 0 bridgehead atoms. The molecule has 154 valence electrons. The van der Waals surface area contributed by atoms with E-state index in [9.17, 15) is 9.90 Å². The minimum atomic E-state index is -0.620. The van der Waals surface area contributed by atoms with Crippen LogP contribution in [0.3, 0.4) is 0 Å². The predicted octanol–water partition coefficient (Wildman–Crippen LogP) is 4.60. The molecule has 2 N–H and O–H groups in total. The van der Waals surface area contributed by atoms with Gasteiger partial charge in [-0.05, 0) is 55.9 Å². The molecule has 6 heteroatoms. The number of hydrogen-bond donors (Lipinski definition) is 2. The average molecular weight is 404 g/mol. The molecule has 0 aliphatic rings. The van der Waals surface area contributed by atoms with E-state index >= 15 is 0 Å². The van der Waals surface area contributed by atoms with Crippen molar-refractivity contribution in [3.63, 3.8) is 0 Å². The number of aromatic hydroxyl groups is 1. The standard InChI is InChI=1S/C24H24N2O4/c1-16-20(25-23(29-16)19-7-3-2-4-8-19)15-14-18-12-10-17(11-13-18)6-5-9-21-22(27)26-24(28)30-21/h2-4,7-8,10-13,27H,5-6,9,14-15H2,1H3,(H,26,28). The van der Waals surface area contributed by atoms with Gasteiger partial charge in [0.1, 0.15) is 5.76 Å². The van der Waals surface area contributed by atoms with Gasteiger partial charge in [0, 0.05) is 12.0 Å². The minimum absolute atomic E-state index is 0.172. The lowest BCUT2D eigenvalue weighted by atomic mass is 10.0. The summed E-state index contributed by atoms with van der Waals surface area (Å²) in [6.45, 7) is 1.96. The molecule has 4 aromatic rings. The normalized spacial score (nSPS) is 11.1. The Balaban J connectivity index is 1.30. The summed E-state index contributed by atoms with van der Waals surface area (Å²) < 4.78 is 10.8. The summed E-state index contributed by atoms with van der Waals surface area (Å²) >= 11 is 0. The number of aromatic nitrogens is 2. The second kappa shape index (κ2) is 8.86. The summed E-state index contributed by atoms with van der Waals surface area (Å²) in [7, 11) is 0. The highest BCUT2D eigenvalue weighted by atomic mass is 16.4. The first-order valence-corrected chi connectivity index (χ1v) is 10.1. The first-order chi connectivity index (χ1) is 14.6. The van der Waals surface area contributed by atoms with Gasteiger partial charge in [0.25, 0.3) is 0 Å². The topological polar surface area (TPSA) is 92.3 Å². The molecule has 2 aromatic heterocycles. The molecule has 0 spiro atoms. The molecule has 2 aromatic carbocycles. The van der Waals surface area contributed by atoms with Gasteiger partial charge in [0.15, 0.2) is 5.76 Å². The van der Waals surface area contributed by atoms with Gasteiger partial charge >= 0.3 is 5.76 Å². The van der Waals surface area contributed by atoms with E-state index in [1.165, 1.54) is 11.1 Å². The van der Waals surface area contributed by atoms with Gasteiger partial charge in [-0.15, -0.1) is 0 Å². The van der Waals surface area contributed by atoms with Crippen molar-refractivity contribution in [2.45, 2.75) is 39.0 Å². The molecular weight excluding hydrogens is 380 g/mol. The smallest absolute Gasteiger partial charge is 0.419 e. The highest BCUT2D eigenvalue weighted by Crippen LogP contribution is 2.22. The number of H-pyrrole nitrogens is 1. The molecular formula is C24H24N2O4. The summed E-state index contributed by atoms with van der Waals surface area (Å²) in [6, 6.07) is 18.4. The van der Waals surface area contributed by atoms with Gasteiger partial charge < -0.3 is 13.9 Å². The molecule has 4 rings (SSSR count). The molecule has 0 saturated carbocycles. The van der Waals surface area contributed by atoms with Gasteiger partial charge in [-0.1, -0.05) is 42.5 Å². The molecule has 0 unspecified atom stereocenters. The van der Waals surface area contributed by atoms with E-state index in [0.717, 1.165) is 42.7 Å². The van der Waals surface area contributed by atoms with Crippen molar-refractivity contribution in [1.82, 2.24) is 9.97 Å². The van der Waals surface area contributed by atoms with Gasteiger partial charge in [-0.3, -0.25) is 4.98 Å². The fraction of sp³-hybridized carbons (Fsp3) is 0.250. The molecule has 0 atom stereocenters. The first-order valence-electron chi connectivity index (χ1n) is 10.1. The molecule has 0 aliphatic carbocycles. The van der Waals surface area contributed by atoms with Gasteiger partial charge in [-0.2, -0.15) is 0 Å². The van der Waals surface area contributed by atoms with Crippen LogP contribution in [0.5, 0.6) is 5.88 Å². The number of aromatic amines is 1. The van der Waals surface area contributed by atoms with E-state index in [4.69, 9.17) is 8.83 Å². The van der Waals surface area contributed by atoms with Crippen LogP contribution in [0.1, 0.15) is 34.8 Å². The second-order valence-electron chi connectivity index (χ2n) is 7.34. The number of oxazole rings is 2. The highest BCUT2D eigenvalue weighted by molar-refractivity contribution is 5.53. The Kier molecular flexibility index (Phi) is 5.84. The predicted molar refractivity (Wildman–Crippen MR) is 114 cm³/mol. The van der Waals surface area contributed by atoms with Crippen molar-refractivity contribution in [3.05, 3.63) is 93.5 Å². The van der Waals surface area contributed by atoms with Crippen LogP contribution in [0, 0.1) is 6.92 Å². The largest absolute Gasteiger partial charge is 0.492 e. The quantitative estimate of drug-likeness (QED) is 0.448. The van der Waals surface area contributed by atoms with E-state index in [1.807, 2.05) is 37.3 Å². The van der Waals surface area contributed by atoms with E-state index in [1.54, 1.807) is 0 Å². The maximum atomic E-state index is 11.0. The fourth-order valence-corrected chi connectivity index (χ4v) is 3.47. The van der Waals surface area contributed by atoms with E-state index in [-0.39, 0.29) is 5.88 Å². The monoisotopic (exact) mass is 404 g/mol. The minimum Gasteiger partial charge on any atom is -0.492 e. The van der Waals surface area contributed by atoms with Crippen LogP contribution in [0.15, 0.2) is 68.2 Å². The molecule has 0 aliphatic heterocycles. The fourth-order valence-electron chi connectivity index (χ4n) is 3.47. The van der Waals surface area contributed by atoms with Crippen LogP contribution < -0.4 is 5.76 Å². The number of rotatable bonds is 8. The lowest BCUT2D eigenvalue weighted by Crippen LogP contribution is -1.95. The zero-order valence-corrected chi connectivity index (χ0v) is 16.9. The molecule has 0 radical (unpaired) electrons. The van der Waals surface area contributed by atoms with Crippen molar-refractivity contribution in [1.29, 1.82) is 0 Å². The van der Waals surface area contributed by atoms with Crippen molar-refractivity contribution >= 4 is 0 Å². The molecule has 0 fully saturated rings. The third kappa shape index (κ3) is 4.71. The Labute approximate surface area is 174 Å². The average Bonchev–Trinajstić information content (AvgIpc) is 3.29. The van der Waals surface area contributed by atoms with E-state index < -0.39 is 5.76 Å². The highest BCUT2D eigenvalue weighted by Gasteiger charge is 2.11. The maximum Gasteiger partial charge on any atom is 0.419 e. The van der Waals surface area contributed by atoms with Gasteiger partial charge in [-0.25, -0.2) is 9.78 Å². The van der Waals surface area contributed by atoms with Gasteiger partial charge in [0.2, 0.25) is 11.8 Å². The van der Waals surface area contributed by atoms with Crippen LogP contribution in [0.2, 0.25) is 0 Å². The van der Waals surface area contributed by atoms with Crippen molar-refractivity contribution in [2.75, 3.05) is 0 Å². The Morgan fingerprint density at radius 3 is 2.27 bits per heavy atom. The second-order valence-corrected chi connectivity index (χ2v) is 7.34. The molecule has 30 heavy (non-hydrogen) atoms. The van der Waals surface area contributed by atoms with Crippen molar-refractivity contribution in [2.24, 2.45) is 0 Å². The number of aryl methyl sites for hydroxylation is 5. The zero-order chi connectivity index (χ0) is 20.9. The Bertz CT molecular complexity index is 1150. The molecule has 2 heterocycles. The summed E-state index contributed by atoms with van der Waals surface area (Å²) in [6.07, 6.45) is 3.87. The molecule has 0 saturated heterocycles. The Hall–Kier alpha value is -3.54. The maximum absolute atomic E-state index is 11.0. The Morgan fingerprint density at radius 1 is 0.900 bits per heavy atom. The van der Waals surface area contributed by atoms with E-state index in [2.05, 4.69) is 34.2 Å². The van der Waals surface area contributed by atoms with Crippen LogP contribution in [0.4, 0.5) is 0 Å². The summed E-state index contributed by atoms with van der Waals surface area (Å²) in [4.78, 5) is 17.9. The van der Waals surface area contributed by atoms with Gasteiger partial charge in [0.05, 0.1) is 5.69 Å². The lowest BCUT2D eigenvalue weighted by molar-refractivity contribution is 0.417. The first kappa shape index (κ1) is 19.8. The number of benzene rings is 2. The van der Waals surface area contributed by atoms with Crippen LogP contribution in [-0.2, 0) is 25.7 Å². The van der Waals surface area contributed by atoms with Crippen molar-refractivity contribution < 1.29 is 13.9 Å². The Morgan fingerprint density at radius 2 is 1.60 bits per heavy atom. The number of nitrogens with one attached hydrogen (secondary N) is 1. The number of hydrogen-bond acceptors (Lipinski definition) is 5.